The van der Waals surface area contributed by atoms with Gasteiger partial charge in [0, 0.05) is 11.6 Å². The SMILES string of the molecule is COC(=O)CC1NCCC(C)(C)N(C2CC2)C1=O. The number of carbonyl (C=O) groups is 2. The predicted octanol–water partition coefficient (Wildman–Crippen LogP) is 0.681. The Bertz CT molecular complexity index is 350. The van der Waals surface area contributed by atoms with Crippen molar-refractivity contribution in [2.45, 2.75) is 57.2 Å². The molecule has 1 heterocycles. The van der Waals surface area contributed by atoms with E-state index in [0.717, 1.165) is 25.8 Å². The van der Waals surface area contributed by atoms with Gasteiger partial charge in [-0.1, -0.05) is 0 Å². The second-order valence-corrected chi connectivity index (χ2v) is 5.79. The van der Waals surface area contributed by atoms with Crippen molar-refractivity contribution in [2.75, 3.05) is 13.7 Å². The molecule has 1 aliphatic heterocycles. The number of nitrogens with one attached hydrogen (secondary N) is 1. The zero-order chi connectivity index (χ0) is 13.3. The van der Waals surface area contributed by atoms with Gasteiger partial charge in [-0.2, -0.15) is 0 Å². The Kier molecular flexibility index (Phi) is 3.61. The highest BCUT2D eigenvalue weighted by molar-refractivity contribution is 5.87. The first-order chi connectivity index (χ1) is 8.45. The average Bonchev–Trinajstić information content (AvgIpc) is 3.10. The smallest absolute Gasteiger partial charge is 0.307 e. The summed E-state index contributed by atoms with van der Waals surface area (Å²) >= 11 is 0. The van der Waals surface area contributed by atoms with Gasteiger partial charge in [0.1, 0.15) is 0 Å². The number of carbonyl (C=O) groups excluding carboxylic acids is 2. The molecular formula is C13H22N2O3. The fourth-order valence-electron chi connectivity index (χ4n) is 2.64. The molecule has 1 unspecified atom stereocenters. The van der Waals surface area contributed by atoms with E-state index in [1.54, 1.807) is 0 Å². The maximum atomic E-state index is 12.5. The standard InChI is InChI=1S/C13H22N2O3/c1-13(2)6-7-14-10(8-11(16)18-3)12(17)15(13)9-4-5-9/h9-10,14H,4-8H2,1-3H3. The van der Waals surface area contributed by atoms with E-state index in [-0.39, 0.29) is 23.8 Å². The lowest BCUT2D eigenvalue weighted by Gasteiger charge is -2.38. The highest BCUT2D eigenvalue weighted by atomic mass is 16.5. The number of nitrogens with zero attached hydrogens (tertiary/aromatic N) is 1. The van der Waals surface area contributed by atoms with E-state index in [4.69, 9.17) is 0 Å². The van der Waals surface area contributed by atoms with Crippen molar-refractivity contribution >= 4 is 11.9 Å². The van der Waals surface area contributed by atoms with Crippen LogP contribution in [0.2, 0.25) is 0 Å². The van der Waals surface area contributed by atoms with Gasteiger partial charge in [0.15, 0.2) is 0 Å². The molecule has 0 spiro atoms. The number of rotatable bonds is 3. The molecule has 1 amide bonds. The van der Waals surface area contributed by atoms with Gasteiger partial charge < -0.3 is 15.0 Å². The van der Waals surface area contributed by atoms with Crippen LogP contribution >= 0.6 is 0 Å². The van der Waals surface area contributed by atoms with Gasteiger partial charge in [-0.3, -0.25) is 9.59 Å². The van der Waals surface area contributed by atoms with Gasteiger partial charge in [0.2, 0.25) is 5.91 Å². The van der Waals surface area contributed by atoms with Gasteiger partial charge in [-0.05, 0) is 39.7 Å². The topological polar surface area (TPSA) is 58.6 Å². The Morgan fingerprint density at radius 1 is 1.50 bits per heavy atom. The fraction of sp³-hybridized carbons (Fsp3) is 0.846. The van der Waals surface area contributed by atoms with Crippen LogP contribution in [0.3, 0.4) is 0 Å². The molecule has 2 aliphatic rings. The molecule has 2 rings (SSSR count). The van der Waals surface area contributed by atoms with Crippen LogP contribution in [0, 0.1) is 0 Å². The lowest BCUT2D eigenvalue weighted by atomic mass is 9.98. The van der Waals surface area contributed by atoms with Gasteiger partial charge in [-0.15, -0.1) is 0 Å². The third kappa shape index (κ3) is 2.66. The lowest BCUT2D eigenvalue weighted by Crippen LogP contribution is -2.52. The van der Waals surface area contributed by atoms with Crippen molar-refractivity contribution in [3.8, 4) is 0 Å². The van der Waals surface area contributed by atoms with Crippen LogP contribution in [0.15, 0.2) is 0 Å². The first kappa shape index (κ1) is 13.3. The van der Waals surface area contributed by atoms with E-state index in [0.29, 0.717) is 6.04 Å². The molecule has 102 valence electrons. The van der Waals surface area contributed by atoms with Crippen molar-refractivity contribution in [3.05, 3.63) is 0 Å². The largest absolute Gasteiger partial charge is 0.469 e. The quantitative estimate of drug-likeness (QED) is 0.753. The van der Waals surface area contributed by atoms with Crippen molar-refractivity contribution in [1.29, 1.82) is 0 Å². The maximum absolute atomic E-state index is 12.5. The third-order valence-corrected chi connectivity index (χ3v) is 3.83. The van der Waals surface area contributed by atoms with Crippen molar-refractivity contribution in [3.63, 3.8) is 0 Å². The molecule has 1 saturated heterocycles. The molecule has 1 saturated carbocycles. The van der Waals surface area contributed by atoms with Crippen LogP contribution in [0.4, 0.5) is 0 Å². The number of esters is 1. The summed E-state index contributed by atoms with van der Waals surface area (Å²) < 4.78 is 4.66. The minimum atomic E-state index is -0.431. The van der Waals surface area contributed by atoms with Gasteiger partial charge in [0.05, 0.1) is 19.6 Å². The van der Waals surface area contributed by atoms with Crippen molar-refractivity contribution < 1.29 is 14.3 Å². The number of hydrogen-bond donors (Lipinski definition) is 1. The molecule has 2 fully saturated rings. The summed E-state index contributed by atoms with van der Waals surface area (Å²) in [5, 5.41) is 3.17. The summed E-state index contributed by atoms with van der Waals surface area (Å²) in [5.74, 6) is -0.290. The number of amides is 1. The van der Waals surface area contributed by atoms with E-state index in [1.165, 1.54) is 7.11 Å². The zero-order valence-corrected chi connectivity index (χ0v) is 11.4. The van der Waals surface area contributed by atoms with Crippen LogP contribution < -0.4 is 5.32 Å². The van der Waals surface area contributed by atoms with Gasteiger partial charge >= 0.3 is 5.97 Å². The monoisotopic (exact) mass is 254 g/mol. The minimum absolute atomic E-state index is 0.0467. The first-order valence-corrected chi connectivity index (χ1v) is 6.59. The second kappa shape index (κ2) is 4.88. The summed E-state index contributed by atoms with van der Waals surface area (Å²) in [7, 11) is 1.35. The van der Waals surface area contributed by atoms with Crippen LogP contribution in [0.5, 0.6) is 0 Å². The molecule has 18 heavy (non-hydrogen) atoms. The molecule has 1 N–H and O–H groups in total. The fourth-order valence-corrected chi connectivity index (χ4v) is 2.64. The highest BCUT2D eigenvalue weighted by Crippen LogP contribution is 2.36. The van der Waals surface area contributed by atoms with Gasteiger partial charge in [-0.25, -0.2) is 0 Å². The molecule has 0 aromatic carbocycles. The van der Waals surface area contributed by atoms with Crippen molar-refractivity contribution in [2.24, 2.45) is 0 Å². The Morgan fingerprint density at radius 2 is 2.17 bits per heavy atom. The Morgan fingerprint density at radius 3 is 2.72 bits per heavy atom. The number of hydrogen-bond acceptors (Lipinski definition) is 4. The Hall–Kier alpha value is -1.10. The molecule has 0 radical (unpaired) electrons. The molecule has 0 bridgehead atoms. The molecule has 1 atom stereocenters. The predicted molar refractivity (Wildman–Crippen MR) is 67.0 cm³/mol. The molecule has 5 nitrogen and oxygen atoms in total. The molecular weight excluding hydrogens is 232 g/mol. The second-order valence-electron chi connectivity index (χ2n) is 5.79. The third-order valence-electron chi connectivity index (χ3n) is 3.83. The van der Waals surface area contributed by atoms with E-state index < -0.39 is 6.04 Å². The van der Waals surface area contributed by atoms with Crippen LogP contribution in [-0.4, -0.2) is 48.1 Å². The van der Waals surface area contributed by atoms with E-state index in [9.17, 15) is 9.59 Å². The van der Waals surface area contributed by atoms with E-state index in [1.807, 2.05) is 4.90 Å². The minimum Gasteiger partial charge on any atom is -0.469 e. The average molecular weight is 254 g/mol. The van der Waals surface area contributed by atoms with Crippen LogP contribution in [0.25, 0.3) is 0 Å². The zero-order valence-electron chi connectivity index (χ0n) is 11.4. The summed E-state index contributed by atoms with van der Waals surface area (Å²) in [4.78, 5) is 25.9. The summed E-state index contributed by atoms with van der Waals surface area (Å²) in [5.41, 5.74) is -0.129. The van der Waals surface area contributed by atoms with Gasteiger partial charge in [0.25, 0.3) is 0 Å². The lowest BCUT2D eigenvalue weighted by molar-refractivity contribution is -0.146. The number of methoxy groups -OCH3 is 1. The maximum Gasteiger partial charge on any atom is 0.307 e. The summed E-state index contributed by atoms with van der Waals surface area (Å²) in [6.07, 6.45) is 3.20. The highest BCUT2D eigenvalue weighted by Gasteiger charge is 2.45. The summed E-state index contributed by atoms with van der Waals surface area (Å²) in [6, 6.07) is -0.0626. The molecule has 0 aromatic rings. The Balaban J connectivity index is 2.14. The van der Waals surface area contributed by atoms with Crippen LogP contribution in [-0.2, 0) is 14.3 Å². The van der Waals surface area contributed by atoms with Crippen molar-refractivity contribution in [1.82, 2.24) is 10.2 Å². The van der Waals surface area contributed by atoms with E-state index in [2.05, 4.69) is 23.9 Å². The van der Waals surface area contributed by atoms with Crippen LogP contribution in [0.1, 0.15) is 39.5 Å². The first-order valence-electron chi connectivity index (χ1n) is 6.59. The van der Waals surface area contributed by atoms with E-state index >= 15 is 0 Å². The number of ether oxygens (including phenoxy) is 1. The summed E-state index contributed by atoms with van der Waals surface area (Å²) in [6.45, 7) is 4.96. The molecule has 5 heteroatoms. The Labute approximate surface area is 108 Å². The molecule has 0 aromatic heterocycles. The molecule has 1 aliphatic carbocycles. The normalized spacial score (nSPS) is 27.8.